The average molecular weight is 279 g/mol. The van der Waals surface area contributed by atoms with Crippen LogP contribution in [0.4, 0.5) is 15.8 Å². The molecule has 0 saturated heterocycles. The number of benzene rings is 2. The highest BCUT2D eigenvalue weighted by Gasteiger charge is 2.09. The van der Waals surface area contributed by atoms with Gasteiger partial charge in [0.2, 0.25) is 0 Å². The summed E-state index contributed by atoms with van der Waals surface area (Å²) in [4.78, 5) is 0. The lowest BCUT2D eigenvalue weighted by Gasteiger charge is -2.17. The zero-order valence-corrected chi connectivity index (χ0v) is 11.4. The fraction of sp³-hybridized carbons (Fsp3) is 0.200. The third-order valence-corrected chi connectivity index (χ3v) is 3.17. The first-order chi connectivity index (χ1) is 9.06. The van der Waals surface area contributed by atoms with Crippen LogP contribution in [0.3, 0.4) is 0 Å². The molecule has 4 heteroatoms. The number of halogens is 2. The predicted octanol–water partition coefficient (Wildman–Crippen LogP) is 4.10. The maximum Gasteiger partial charge on any atom is 0.143 e. The number of nitrogen functional groups attached to an aromatic ring is 1. The zero-order chi connectivity index (χ0) is 13.8. The SMILES string of the molecule is CC(Cc1ccccc1)Nc1cc(F)c(Cl)cc1N. The lowest BCUT2D eigenvalue weighted by molar-refractivity contribution is 0.628. The summed E-state index contributed by atoms with van der Waals surface area (Å²) in [7, 11) is 0. The van der Waals surface area contributed by atoms with E-state index in [2.05, 4.69) is 17.4 Å². The van der Waals surface area contributed by atoms with Crippen LogP contribution in [0.2, 0.25) is 5.02 Å². The normalized spacial score (nSPS) is 12.2. The van der Waals surface area contributed by atoms with E-state index in [4.69, 9.17) is 17.3 Å². The highest BCUT2D eigenvalue weighted by atomic mass is 35.5. The third-order valence-electron chi connectivity index (χ3n) is 2.88. The maximum absolute atomic E-state index is 13.4. The highest BCUT2D eigenvalue weighted by Crippen LogP contribution is 2.26. The van der Waals surface area contributed by atoms with Crippen LogP contribution < -0.4 is 11.1 Å². The molecule has 0 amide bonds. The minimum absolute atomic E-state index is 0.0405. The van der Waals surface area contributed by atoms with E-state index in [-0.39, 0.29) is 11.1 Å². The molecule has 3 N–H and O–H groups in total. The second-order valence-electron chi connectivity index (χ2n) is 4.59. The van der Waals surface area contributed by atoms with E-state index < -0.39 is 5.82 Å². The molecule has 1 atom stereocenters. The van der Waals surface area contributed by atoms with Gasteiger partial charge in [-0.2, -0.15) is 0 Å². The Morgan fingerprint density at radius 3 is 2.63 bits per heavy atom. The van der Waals surface area contributed by atoms with Gasteiger partial charge in [0.1, 0.15) is 5.82 Å². The number of nitrogens with one attached hydrogen (secondary N) is 1. The van der Waals surface area contributed by atoms with Gasteiger partial charge >= 0.3 is 0 Å². The van der Waals surface area contributed by atoms with Gasteiger partial charge in [-0.25, -0.2) is 4.39 Å². The first kappa shape index (κ1) is 13.7. The van der Waals surface area contributed by atoms with Gasteiger partial charge in [-0.05, 0) is 25.0 Å². The summed E-state index contributed by atoms with van der Waals surface area (Å²) in [5, 5.41) is 3.24. The van der Waals surface area contributed by atoms with Crippen LogP contribution in [-0.4, -0.2) is 6.04 Å². The number of rotatable bonds is 4. The average Bonchev–Trinajstić information content (AvgIpc) is 2.37. The predicted molar refractivity (Wildman–Crippen MR) is 79.1 cm³/mol. The van der Waals surface area contributed by atoms with E-state index in [0.717, 1.165) is 6.42 Å². The number of hydrogen-bond donors (Lipinski definition) is 2. The Bertz CT molecular complexity index is 558. The summed E-state index contributed by atoms with van der Waals surface area (Å²) in [5.74, 6) is -0.467. The van der Waals surface area contributed by atoms with E-state index >= 15 is 0 Å². The van der Waals surface area contributed by atoms with Gasteiger partial charge in [0.05, 0.1) is 16.4 Å². The molecule has 0 bridgehead atoms. The van der Waals surface area contributed by atoms with Gasteiger partial charge in [-0.1, -0.05) is 41.9 Å². The fourth-order valence-corrected chi connectivity index (χ4v) is 2.14. The lowest BCUT2D eigenvalue weighted by atomic mass is 10.1. The minimum atomic E-state index is -0.467. The van der Waals surface area contributed by atoms with Crippen molar-refractivity contribution < 1.29 is 4.39 Å². The van der Waals surface area contributed by atoms with Gasteiger partial charge < -0.3 is 11.1 Å². The van der Waals surface area contributed by atoms with Crippen molar-refractivity contribution in [2.45, 2.75) is 19.4 Å². The van der Waals surface area contributed by atoms with Crippen molar-refractivity contribution in [3.63, 3.8) is 0 Å². The quantitative estimate of drug-likeness (QED) is 0.826. The van der Waals surface area contributed by atoms with Gasteiger partial charge in [0.15, 0.2) is 0 Å². The molecule has 2 aromatic rings. The van der Waals surface area contributed by atoms with Crippen LogP contribution in [0, 0.1) is 5.82 Å². The van der Waals surface area contributed by atoms with Crippen LogP contribution in [0.5, 0.6) is 0 Å². The molecular weight excluding hydrogens is 263 g/mol. The first-order valence-corrected chi connectivity index (χ1v) is 6.49. The summed E-state index contributed by atoms with van der Waals surface area (Å²) < 4.78 is 13.4. The van der Waals surface area contributed by atoms with E-state index in [1.807, 2.05) is 25.1 Å². The molecule has 0 aliphatic heterocycles. The maximum atomic E-state index is 13.4. The molecule has 0 aliphatic carbocycles. The topological polar surface area (TPSA) is 38.0 Å². The molecule has 0 aliphatic rings. The molecule has 0 radical (unpaired) electrons. The van der Waals surface area contributed by atoms with Crippen molar-refractivity contribution in [3.8, 4) is 0 Å². The molecule has 2 rings (SSSR count). The molecule has 2 aromatic carbocycles. The Morgan fingerprint density at radius 2 is 1.95 bits per heavy atom. The number of anilines is 2. The van der Waals surface area contributed by atoms with Gasteiger partial charge in [-0.15, -0.1) is 0 Å². The molecule has 0 aromatic heterocycles. The minimum Gasteiger partial charge on any atom is -0.397 e. The summed E-state index contributed by atoms with van der Waals surface area (Å²) >= 11 is 5.67. The van der Waals surface area contributed by atoms with Crippen molar-refractivity contribution in [2.75, 3.05) is 11.1 Å². The van der Waals surface area contributed by atoms with Crippen molar-refractivity contribution >= 4 is 23.0 Å². The summed E-state index contributed by atoms with van der Waals surface area (Å²) in [6.07, 6.45) is 0.838. The number of nitrogens with two attached hydrogens (primary N) is 1. The molecule has 1 unspecified atom stereocenters. The van der Waals surface area contributed by atoms with Crippen molar-refractivity contribution in [1.82, 2.24) is 0 Å². The summed E-state index contributed by atoms with van der Waals surface area (Å²) in [6, 6.07) is 13.0. The van der Waals surface area contributed by atoms with Crippen LogP contribution in [0.25, 0.3) is 0 Å². The molecule has 0 heterocycles. The molecule has 19 heavy (non-hydrogen) atoms. The van der Waals surface area contributed by atoms with E-state index in [1.54, 1.807) is 0 Å². The summed E-state index contributed by atoms with van der Waals surface area (Å²) in [6.45, 7) is 2.03. The third kappa shape index (κ3) is 3.61. The van der Waals surface area contributed by atoms with Gasteiger partial charge in [0, 0.05) is 12.1 Å². The Labute approximate surface area is 117 Å². The Kier molecular flexibility index (Phi) is 4.27. The molecule has 0 fully saturated rings. The first-order valence-electron chi connectivity index (χ1n) is 6.11. The second-order valence-corrected chi connectivity index (χ2v) is 5.00. The van der Waals surface area contributed by atoms with Crippen molar-refractivity contribution in [3.05, 3.63) is 58.9 Å². The van der Waals surface area contributed by atoms with Gasteiger partial charge in [0.25, 0.3) is 0 Å². The molecular formula is C15H16ClFN2. The molecule has 100 valence electrons. The monoisotopic (exact) mass is 278 g/mol. The lowest BCUT2D eigenvalue weighted by Crippen LogP contribution is -2.19. The summed E-state index contributed by atoms with van der Waals surface area (Å²) in [5.41, 5.74) is 8.06. The highest BCUT2D eigenvalue weighted by molar-refractivity contribution is 6.31. The van der Waals surface area contributed by atoms with Crippen molar-refractivity contribution in [1.29, 1.82) is 0 Å². The van der Waals surface area contributed by atoms with E-state index in [1.165, 1.54) is 17.7 Å². The molecule has 0 spiro atoms. The number of hydrogen-bond acceptors (Lipinski definition) is 2. The van der Waals surface area contributed by atoms with Crippen molar-refractivity contribution in [2.24, 2.45) is 0 Å². The molecule has 0 saturated carbocycles. The van der Waals surface area contributed by atoms with Crippen LogP contribution in [0.15, 0.2) is 42.5 Å². The standard InChI is InChI=1S/C15H16ClFN2/c1-10(7-11-5-3-2-4-6-11)19-15-9-13(17)12(16)8-14(15)18/h2-6,8-10,19H,7,18H2,1H3. The Balaban J connectivity index is 2.07. The van der Waals surface area contributed by atoms with E-state index in [9.17, 15) is 4.39 Å². The zero-order valence-electron chi connectivity index (χ0n) is 10.7. The fourth-order valence-electron chi connectivity index (χ4n) is 1.97. The Hall–Kier alpha value is -1.74. The van der Waals surface area contributed by atoms with Crippen LogP contribution >= 0.6 is 11.6 Å². The smallest absolute Gasteiger partial charge is 0.143 e. The largest absolute Gasteiger partial charge is 0.397 e. The van der Waals surface area contributed by atoms with Crippen LogP contribution in [-0.2, 0) is 6.42 Å². The van der Waals surface area contributed by atoms with Crippen LogP contribution in [0.1, 0.15) is 12.5 Å². The van der Waals surface area contributed by atoms with Gasteiger partial charge in [-0.3, -0.25) is 0 Å². The Morgan fingerprint density at radius 1 is 1.26 bits per heavy atom. The second kappa shape index (κ2) is 5.93. The van der Waals surface area contributed by atoms with E-state index in [0.29, 0.717) is 11.4 Å². The molecule has 2 nitrogen and oxygen atoms in total.